The number of aromatic nitrogens is 1. The third-order valence-electron chi connectivity index (χ3n) is 2.94. The lowest BCUT2D eigenvalue weighted by Gasteiger charge is -2.18. The molecule has 0 radical (unpaired) electrons. The van der Waals surface area contributed by atoms with Crippen molar-refractivity contribution in [3.05, 3.63) is 15.6 Å². The molecule has 1 N–H and O–H groups in total. The predicted octanol–water partition coefficient (Wildman–Crippen LogP) is 3.93. The molecule has 0 bridgehead atoms. The van der Waals surface area contributed by atoms with Crippen molar-refractivity contribution in [3.63, 3.8) is 0 Å². The molecule has 4 heteroatoms. The van der Waals surface area contributed by atoms with Gasteiger partial charge in [0.2, 0.25) is 0 Å². The quantitative estimate of drug-likeness (QED) is 0.785. The lowest BCUT2D eigenvalue weighted by Crippen LogP contribution is -2.18. The summed E-state index contributed by atoms with van der Waals surface area (Å²) in [5.41, 5.74) is 1.14. The van der Waals surface area contributed by atoms with Crippen LogP contribution < -0.4 is 5.32 Å². The van der Waals surface area contributed by atoms with Crippen LogP contribution in [0.25, 0.3) is 0 Å². The van der Waals surface area contributed by atoms with Gasteiger partial charge in [-0.05, 0) is 32.2 Å². The molecule has 0 saturated heterocycles. The van der Waals surface area contributed by atoms with Gasteiger partial charge in [0.1, 0.15) is 11.1 Å². The molecule has 1 atom stereocenters. The second-order valence-electron chi connectivity index (χ2n) is 5.71. The topological polar surface area (TPSA) is 34.1 Å². The maximum Gasteiger partial charge on any atom is 0.122 e. The van der Waals surface area contributed by atoms with Crippen molar-refractivity contribution in [2.24, 2.45) is 11.8 Å². The van der Waals surface area contributed by atoms with Gasteiger partial charge in [-0.3, -0.25) is 0 Å². The molecule has 19 heavy (non-hydrogen) atoms. The van der Waals surface area contributed by atoms with E-state index in [1.807, 2.05) is 6.92 Å². The molecule has 0 aliphatic carbocycles. The van der Waals surface area contributed by atoms with E-state index >= 15 is 0 Å². The molecule has 1 aromatic heterocycles. The van der Waals surface area contributed by atoms with Gasteiger partial charge in [-0.25, -0.2) is 4.98 Å². The summed E-state index contributed by atoms with van der Waals surface area (Å²) >= 11 is 1.79. The Bertz CT molecular complexity index is 374. The van der Waals surface area contributed by atoms with Gasteiger partial charge in [0.25, 0.3) is 0 Å². The standard InChI is InChI=1S/C15H28N2OS/c1-7-18-14(11(4)5)15-17-12(6)13(19-15)9-16-8-10(2)3/h10-11,14,16H,7-9H2,1-6H3. The molecule has 0 fully saturated rings. The van der Waals surface area contributed by atoms with Crippen LogP contribution in [0.4, 0.5) is 0 Å². The molecule has 1 aromatic rings. The molecule has 1 heterocycles. The van der Waals surface area contributed by atoms with Crippen molar-refractivity contribution >= 4 is 11.3 Å². The zero-order valence-corrected chi connectivity index (χ0v) is 13.9. The van der Waals surface area contributed by atoms with Crippen LogP contribution in [-0.4, -0.2) is 18.1 Å². The van der Waals surface area contributed by atoms with Gasteiger partial charge < -0.3 is 10.1 Å². The summed E-state index contributed by atoms with van der Waals surface area (Å²) < 4.78 is 5.83. The van der Waals surface area contributed by atoms with Crippen LogP contribution in [0.2, 0.25) is 0 Å². The Hall–Kier alpha value is -0.450. The van der Waals surface area contributed by atoms with Crippen LogP contribution >= 0.6 is 11.3 Å². The Labute approximate surface area is 121 Å². The summed E-state index contributed by atoms with van der Waals surface area (Å²) in [6, 6.07) is 0. The lowest BCUT2D eigenvalue weighted by atomic mass is 10.1. The van der Waals surface area contributed by atoms with E-state index in [2.05, 4.69) is 39.9 Å². The van der Waals surface area contributed by atoms with Gasteiger partial charge in [-0.1, -0.05) is 27.7 Å². The molecule has 110 valence electrons. The highest BCUT2D eigenvalue weighted by atomic mass is 32.1. The van der Waals surface area contributed by atoms with Crippen molar-refractivity contribution in [2.45, 2.75) is 54.2 Å². The molecule has 1 unspecified atom stereocenters. The number of nitrogens with one attached hydrogen (secondary N) is 1. The fraction of sp³-hybridized carbons (Fsp3) is 0.800. The Kier molecular flexibility index (Phi) is 6.97. The van der Waals surface area contributed by atoms with E-state index in [1.54, 1.807) is 11.3 Å². The molecular weight excluding hydrogens is 256 g/mol. The van der Waals surface area contributed by atoms with Crippen LogP contribution in [-0.2, 0) is 11.3 Å². The maximum atomic E-state index is 5.83. The SMILES string of the molecule is CCOC(c1nc(C)c(CNCC(C)C)s1)C(C)C. The number of aryl methyl sites for hydroxylation is 1. The van der Waals surface area contributed by atoms with Crippen molar-refractivity contribution in [1.29, 1.82) is 0 Å². The summed E-state index contributed by atoms with van der Waals surface area (Å²) in [7, 11) is 0. The predicted molar refractivity (Wildman–Crippen MR) is 82.6 cm³/mol. The molecule has 0 aliphatic rings. The van der Waals surface area contributed by atoms with Gasteiger partial charge in [-0.2, -0.15) is 0 Å². The minimum atomic E-state index is 0.132. The monoisotopic (exact) mass is 284 g/mol. The van der Waals surface area contributed by atoms with Crippen molar-refractivity contribution in [3.8, 4) is 0 Å². The second-order valence-corrected chi connectivity index (χ2v) is 6.82. The highest BCUT2D eigenvalue weighted by Gasteiger charge is 2.21. The summed E-state index contributed by atoms with van der Waals surface area (Å²) in [5.74, 6) is 1.14. The van der Waals surface area contributed by atoms with E-state index in [0.717, 1.165) is 30.4 Å². The van der Waals surface area contributed by atoms with Crippen LogP contribution in [0.1, 0.15) is 56.3 Å². The van der Waals surface area contributed by atoms with Gasteiger partial charge in [0, 0.05) is 18.0 Å². The van der Waals surface area contributed by atoms with E-state index in [9.17, 15) is 0 Å². The minimum absolute atomic E-state index is 0.132. The first-order valence-electron chi connectivity index (χ1n) is 7.24. The summed E-state index contributed by atoms with van der Waals surface area (Å²) in [5, 5.41) is 4.61. The van der Waals surface area contributed by atoms with Crippen LogP contribution in [0.3, 0.4) is 0 Å². The Morgan fingerprint density at radius 1 is 1.26 bits per heavy atom. The maximum absolute atomic E-state index is 5.83. The third kappa shape index (κ3) is 5.21. The minimum Gasteiger partial charge on any atom is -0.371 e. The average Bonchev–Trinajstić information content (AvgIpc) is 2.66. The number of rotatable bonds is 8. The first-order valence-corrected chi connectivity index (χ1v) is 8.05. The Morgan fingerprint density at radius 3 is 2.47 bits per heavy atom. The second kappa shape index (κ2) is 7.98. The van der Waals surface area contributed by atoms with Gasteiger partial charge in [-0.15, -0.1) is 11.3 Å². The van der Waals surface area contributed by atoms with Crippen LogP contribution in [0.15, 0.2) is 0 Å². The fourth-order valence-electron chi connectivity index (χ4n) is 1.94. The molecule has 1 rings (SSSR count). The number of thiazole rings is 1. The molecular formula is C15H28N2OS. The summed E-state index contributed by atoms with van der Waals surface area (Å²) in [6.45, 7) is 15.7. The third-order valence-corrected chi connectivity index (χ3v) is 4.16. The van der Waals surface area contributed by atoms with Gasteiger partial charge in [0.15, 0.2) is 0 Å². The lowest BCUT2D eigenvalue weighted by molar-refractivity contribution is 0.0292. The van der Waals surface area contributed by atoms with Gasteiger partial charge >= 0.3 is 0 Å². The normalized spacial score (nSPS) is 13.5. The highest BCUT2D eigenvalue weighted by molar-refractivity contribution is 7.11. The van der Waals surface area contributed by atoms with E-state index in [4.69, 9.17) is 9.72 Å². The van der Waals surface area contributed by atoms with Gasteiger partial charge in [0.05, 0.1) is 5.69 Å². The van der Waals surface area contributed by atoms with E-state index in [1.165, 1.54) is 4.88 Å². The smallest absolute Gasteiger partial charge is 0.122 e. The summed E-state index contributed by atoms with van der Waals surface area (Å²) in [6.07, 6.45) is 0.132. The van der Waals surface area contributed by atoms with Crippen LogP contribution in [0.5, 0.6) is 0 Å². The van der Waals surface area contributed by atoms with E-state index in [-0.39, 0.29) is 6.10 Å². The Morgan fingerprint density at radius 2 is 1.95 bits per heavy atom. The molecule has 0 amide bonds. The molecule has 0 saturated carbocycles. The number of hydrogen-bond acceptors (Lipinski definition) is 4. The zero-order chi connectivity index (χ0) is 14.4. The number of nitrogens with zero attached hydrogens (tertiary/aromatic N) is 1. The largest absolute Gasteiger partial charge is 0.371 e. The summed E-state index contributed by atoms with van der Waals surface area (Å²) in [4.78, 5) is 6.04. The fourth-order valence-corrected chi connectivity index (χ4v) is 3.20. The molecule has 0 aromatic carbocycles. The number of hydrogen-bond donors (Lipinski definition) is 1. The first-order chi connectivity index (χ1) is 8.95. The molecule has 0 aliphatic heterocycles. The first kappa shape index (κ1) is 16.6. The Balaban J connectivity index is 2.71. The molecule has 3 nitrogen and oxygen atoms in total. The number of ether oxygens (including phenoxy) is 1. The average molecular weight is 284 g/mol. The highest BCUT2D eigenvalue weighted by Crippen LogP contribution is 2.31. The van der Waals surface area contributed by atoms with Crippen molar-refractivity contribution < 1.29 is 4.74 Å². The van der Waals surface area contributed by atoms with Crippen molar-refractivity contribution in [1.82, 2.24) is 10.3 Å². The zero-order valence-electron chi connectivity index (χ0n) is 13.1. The van der Waals surface area contributed by atoms with E-state index < -0.39 is 0 Å². The van der Waals surface area contributed by atoms with Crippen molar-refractivity contribution in [2.75, 3.05) is 13.2 Å². The van der Waals surface area contributed by atoms with Crippen LogP contribution in [0, 0.1) is 18.8 Å². The van der Waals surface area contributed by atoms with E-state index in [0.29, 0.717) is 11.8 Å². The molecule has 0 spiro atoms.